The summed E-state index contributed by atoms with van der Waals surface area (Å²) in [5.74, 6) is -0.148. The van der Waals surface area contributed by atoms with Crippen LogP contribution in [0.25, 0.3) is 0 Å². The SMILES string of the molecule is Cc1ccc(CSC2(C(N)C(=O)O)CCOCC2)cc1. The number of thioether (sulfide) groups is 1. The Balaban J connectivity index is 2.07. The second-order valence-corrected chi connectivity index (χ2v) is 6.66. The number of carbonyl (C=O) groups is 1. The highest BCUT2D eigenvalue weighted by atomic mass is 32.2. The van der Waals surface area contributed by atoms with Crippen LogP contribution in [0.5, 0.6) is 0 Å². The van der Waals surface area contributed by atoms with Gasteiger partial charge in [-0.05, 0) is 25.3 Å². The van der Waals surface area contributed by atoms with E-state index in [4.69, 9.17) is 10.5 Å². The van der Waals surface area contributed by atoms with Crippen molar-refractivity contribution in [3.63, 3.8) is 0 Å². The molecular weight excluding hydrogens is 274 g/mol. The van der Waals surface area contributed by atoms with Gasteiger partial charge in [0.15, 0.2) is 0 Å². The summed E-state index contributed by atoms with van der Waals surface area (Å²) in [7, 11) is 0. The van der Waals surface area contributed by atoms with E-state index in [-0.39, 0.29) is 0 Å². The van der Waals surface area contributed by atoms with Gasteiger partial charge >= 0.3 is 5.97 Å². The molecule has 3 N–H and O–H groups in total. The molecule has 0 bridgehead atoms. The van der Waals surface area contributed by atoms with Crippen LogP contribution in [0, 0.1) is 6.92 Å². The fraction of sp³-hybridized carbons (Fsp3) is 0.533. The van der Waals surface area contributed by atoms with Crippen LogP contribution in [0.2, 0.25) is 0 Å². The number of carboxylic acid groups (broad SMARTS) is 1. The molecule has 0 amide bonds. The van der Waals surface area contributed by atoms with Gasteiger partial charge in [-0.25, -0.2) is 0 Å². The maximum Gasteiger partial charge on any atom is 0.321 e. The largest absolute Gasteiger partial charge is 0.480 e. The number of hydrogen-bond donors (Lipinski definition) is 2. The van der Waals surface area contributed by atoms with Crippen molar-refractivity contribution in [2.75, 3.05) is 13.2 Å². The minimum Gasteiger partial charge on any atom is -0.480 e. The predicted octanol–water partition coefficient (Wildman–Crippen LogP) is 2.19. The number of benzene rings is 1. The van der Waals surface area contributed by atoms with Gasteiger partial charge in [0.2, 0.25) is 0 Å². The second-order valence-electron chi connectivity index (χ2n) is 5.27. The van der Waals surface area contributed by atoms with Crippen LogP contribution >= 0.6 is 11.8 Å². The van der Waals surface area contributed by atoms with E-state index in [0.717, 1.165) is 5.75 Å². The molecule has 1 heterocycles. The molecule has 1 aromatic carbocycles. The summed E-state index contributed by atoms with van der Waals surface area (Å²) in [4.78, 5) is 11.3. The molecule has 0 aliphatic carbocycles. The maximum atomic E-state index is 11.3. The van der Waals surface area contributed by atoms with Crippen molar-refractivity contribution in [3.8, 4) is 0 Å². The molecule has 0 saturated carbocycles. The van der Waals surface area contributed by atoms with Crippen molar-refractivity contribution in [2.45, 2.75) is 36.3 Å². The molecule has 0 radical (unpaired) electrons. The summed E-state index contributed by atoms with van der Waals surface area (Å²) in [5.41, 5.74) is 8.36. The standard InChI is InChI=1S/C15H21NO3S/c1-11-2-4-12(5-3-11)10-20-15(13(16)14(17)18)6-8-19-9-7-15/h2-5,13H,6-10,16H2,1H3,(H,17,18). The van der Waals surface area contributed by atoms with Gasteiger partial charge in [0.1, 0.15) is 6.04 Å². The van der Waals surface area contributed by atoms with Crippen LogP contribution in [0.15, 0.2) is 24.3 Å². The zero-order chi connectivity index (χ0) is 14.6. The first kappa shape index (κ1) is 15.4. The number of rotatable bonds is 5. The average Bonchev–Trinajstić information content (AvgIpc) is 2.47. The first-order valence-corrected chi connectivity index (χ1v) is 7.78. The quantitative estimate of drug-likeness (QED) is 0.871. The lowest BCUT2D eigenvalue weighted by atomic mass is 9.91. The molecular formula is C15H21NO3S. The minimum atomic E-state index is -0.927. The highest BCUT2D eigenvalue weighted by Gasteiger charge is 2.42. The Kier molecular flexibility index (Phi) is 5.07. The van der Waals surface area contributed by atoms with Gasteiger partial charge in [-0.15, -0.1) is 11.8 Å². The van der Waals surface area contributed by atoms with E-state index in [2.05, 4.69) is 31.2 Å². The third-order valence-electron chi connectivity index (χ3n) is 3.82. The van der Waals surface area contributed by atoms with Crippen LogP contribution in [0.4, 0.5) is 0 Å². The fourth-order valence-corrected chi connectivity index (χ4v) is 3.78. The lowest BCUT2D eigenvalue weighted by Gasteiger charge is -2.39. The van der Waals surface area contributed by atoms with Gasteiger partial charge < -0.3 is 15.6 Å². The van der Waals surface area contributed by atoms with Gasteiger partial charge in [0, 0.05) is 23.7 Å². The van der Waals surface area contributed by atoms with Crippen LogP contribution in [-0.4, -0.2) is 35.1 Å². The Morgan fingerprint density at radius 2 is 2.00 bits per heavy atom. The number of hydrogen-bond acceptors (Lipinski definition) is 4. The average molecular weight is 295 g/mol. The zero-order valence-electron chi connectivity index (χ0n) is 11.7. The summed E-state index contributed by atoms with van der Waals surface area (Å²) in [6.45, 7) is 3.22. The van der Waals surface area contributed by atoms with E-state index < -0.39 is 16.8 Å². The Morgan fingerprint density at radius 1 is 1.40 bits per heavy atom. The normalized spacial score (nSPS) is 19.5. The van der Waals surface area contributed by atoms with Crippen LogP contribution in [-0.2, 0) is 15.3 Å². The van der Waals surface area contributed by atoms with E-state index in [1.165, 1.54) is 11.1 Å². The van der Waals surface area contributed by atoms with Gasteiger partial charge in [0.05, 0.1) is 0 Å². The van der Waals surface area contributed by atoms with Crippen molar-refractivity contribution in [3.05, 3.63) is 35.4 Å². The summed E-state index contributed by atoms with van der Waals surface area (Å²) in [6, 6.07) is 7.47. The van der Waals surface area contributed by atoms with E-state index in [0.29, 0.717) is 26.1 Å². The van der Waals surface area contributed by atoms with Gasteiger partial charge in [0.25, 0.3) is 0 Å². The summed E-state index contributed by atoms with van der Waals surface area (Å²) < 4.78 is 4.94. The molecule has 0 aromatic heterocycles. The number of aliphatic carboxylic acids is 1. The molecule has 1 aliphatic heterocycles. The molecule has 1 fully saturated rings. The highest BCUT2D eigenvalue weighted by molar-refractivity contribution is 8.00. The Bertz CT molecular complexity index is 455. The number of nitrogens with two attached hydrogens (primary N) is 1. The summed E-state index contributed by atoms with van der Waals surface area (Å²) in [6.07, 6.45) is 1.38. The molecule has 2 rings (SSSR count). The highest BCUT2D eigenvalue weighted by Crippen LogP contribution is 2.40. The number of carboxylic acids is 1. The molecule has 20 heavy (non-hydrogen) atoms. The van der Waals surface area contributed by atoms with Crippen molar-refractivity contribution in [1.29, 1.82) is 0 Å². The maximum absolute atomic E-state index is 11.3. The molecule has 1 unspecified atom stereocenters. The Morgan fingerprint density at radius 3 is 2.55 bits per heavy atom. The molecule has 5 heteroatoms. The second kappa shape index (κ2) is 6.61. The molecule has 1 aliphatic rings. The third-order valence-corrected chi connectivity index (χ3v) is 5.53. The van der Waals surface area contributed by atoms with Crippen LogP contribution < -0.4 is 5.73 Å². The molecule has 0 spiro atoms. The molecule has 1 atom stereocenters. The van der Waals surface area contributed by atoms with E-state index in [1.54, 1.807) is 11.8 Å². The number of ether oxygens (including phenoxy) is 1. The zero-order valence-corrected chi connectivity index (χ0v) is 12.5. The van der Waals surface area contributed by atoms with Crippen molar-refractivity contribution < 1.29 is 14.6 Å². The van der Waals surface area contributed by atoms with E-state index in [1.807, 2.05) is 0 Å². The van der Waals surface area contributed by atoms with Crippen LogP contribution in [0.1, 0.15) is 24.0 Å². The Hall–Kier alpha value is -1.04. The van der Waals surface area contributed by atoms with Gasteiger partial charge in [-0.3, -0.25) is 4.79 Å². The minimum absolute atomic E-state index is 0.422. The fourth-order valence-electron chi connectivity index (χ4n) is 2.40. The van der Waals surface area contributed by atoms with Crippen molar-refractivity contribution in [2.24, 2.45) is 5.73 Å². The first-order valence-electron chi connectivity index (χ1n) is 6.79. The topological polar surface area (TPSA) is 72.6 Å². The smallest absolute Gasteiger partial charge is 0.321 e. The molecule has 110 valence electrons. The van der Waals surface area contributed by atoms with Gasteiger partial charge in [-0.1, -0.05) is 29.8 Å². The van der Waals surface area contributed by atoms with Gasteiger partial charge in [-0.2, -0.15) is 0 Å². The first-order chi connectivity index (χ1) is 9.53. The Labute approximate surface area is 123 Å². The lowest BCUT2D eigenvalue weighted by Crippen LogP contribution is -2.53. The molecule has 1 saturated heterocycles. The van der Waals surface area contributed by atoms with E-state index >= 15 is 0 Å². The summed E-state index contributed by atoms with van der Waals surface area (Å²) >= 11 is 1.65. The molecule has 1 aromatic rings. The molecule has 4 nitrogen and oxygen atoms in total. The predicted molar refractivity (Wildman–Crippen MR) is 80.9 cm³/mol. The van der Waals surface area contributed by atoms with Crippen LogP contribution in [0.3, 0.4) is 0 Å². The summed E-state index contributed by atoms with van der Waals surface area (Å²) in [5, 5.41) is 9.25. The van der Waals surface area contributed by atoms with E-state index in [9.17, 15) is 9.90 Å². The monoisotopic (exact) mass is 295 g/mol. The number of aryl methyl sites for hydroxylation is 1. The van der Waals surface area contributed by atoms with Crippen molar-refractivity contribution >= 4 is 17.7 Å². The van der Waals surface area contributed by atoms with Crippen molar-refractivity contribution in [1.82, 2.24) is 0 Å². The lowest BCUT2D eigenvalue weighted by molar-refractivity contribution is -0.140. The third kappa shape index (κ3) is 3.53.